The second-order valence-corrected chi connectivity index (χ2v) is 12.1. The number of benzene rings is 2. The SMILES string of the molecule is COC(=O)N[C@@H](C)C(=O)N1[C@@H]2CC[C@@H](C2)[C@H]1c1ncc(-c2ccc3cc([B]OC(C)(C)C(C)(C)O)ccc3c2)[nH]1. The van der Waals surface area contributed by atoms with Crippen LogP contribution in [-0.4, -0.2) is 69.9 Å². The minimum atomic E-state index is -0.987. The van der Waals surface area contributed by atoms with Crippen molar-refractivity contribution in [3.05, 3.63) is 48.4 Å². The molecular weight excluding hydrogens is 507 g/mol. The van der Waals surface area contributed by atoms with Crippen molar-refractivity contribution < 1.29 is 24.1 Å². The van der Waals surface area contributed by atoms with Gasteiger partial charge in [-0.15, -0.1) is 0 Å². The van der Waals surface area contributed by atoms with E-state index in [-0.39, 0.29) is 18.0 Å². The fraction of sp³-hybridized carbons (Fsp3) is 0.500. The molecule has 9 nitrogen and oxygen atoms in total. The van der Waals surface area contributed by atoms with Gasteiger partial charge < -0.3 is 29.7 Å². The third-order valence-corrected chi connectivity index (χ3v) is 8.74. The lowest BCUT2D eigenvalue weighted by Crippen LogP contribution is -2.50. The van der Waals surface area contributed by atoms with Crippen LogP contribution in [0.1, 0.15) is 65.7 Å². The lowest BCUT2D eigenvalue weighted by Gasteiger charge is -2.37. The molecule has 1 saturated heterocycles. The first kappa shape index (κ1) is 28.2. The summed E-state index contributed by atoms with van der Waals surface area (Å²) in [5.41, 5.74) is 1.08. The van der Waals surface area contributed by atoms with Gasteiger partial charge in [-0.05, 0) is 76.6 Å². The van der Waals surface area contributed by atoms with Crippen molar-refractivity contribution in [2.45, 2.75) is 83.2 Å². The minimum Gasteiger partial charge on any atom is -0.453 e. The molecule has 2 amide bonds. The maximum absolute atomic E-state index is 13.4. The van der Waals surface area contributed by atoms with E-state index in [1.165, 1.54) is 7.11 Å². The number of likely N-dealkylation sites (tertiary alicyclic amines) is 1. The Morgan fingerprint density at radius 2 is 1.88 bits per heavy atom. The number of amides is 2. The van der Waals surface area contributed by atoms with Crippen LogP contribution in [0.25, 0.3) is 22.0 Å². The van der Waals surface area contributed by atoms with Gasteiger partial charge in [-0.25, -0.2) is 9.78 Å². The predicted molar refractivity (Wildman–Crippen MR) is 154 cm³/mol. The van der Waals surface area contributed by atoms with E-state index < -0.39 is 23.3 Å². The maximum atomic E-state index is 13.4. The van der Waals surface area contributed by atoms with Crippen LogP contribution in [0.4, 0.5) is 4.79 Å². The number of aromatic nitrogens is 2. The topological polar surface area (TPSA) is 117 Å². The van der Waals surface area contributed by atoms with Crippen LogP contribution in [0, 0.1) is 5.92 Å². The highest BCUT2D eigenvalue weighted by Crippen LogP contribution is 2.50. The van der Waals surface area contributed by atoms with E-state index in [1.807, 2.05) is 31.0 Å². The summed E-state index contributed by atoms with van der Waals surface area (Å²) in [6.45, 7) is 8.88. The van der Waals surface area contributed by atoms with Crippen molar-refractivity contribution in [3.63, 3.8) is 0 Å². The molecule has 3 aromatic rings. The summed E-state index contributed by atoms with van der Waals surface area (Å²) < 4.78 is 10.6. The number of imidazole rings is 1. The molecule has 4 atom stereocenters. The van der Waals surface area contributed by atoms with Crippen molar-refractivity contribution in [3.8, 4) is 11.3 Å². The standard InChI is InChI=1S/C30H38BN4O5/c1-17(33-28(37)39-6)27(36)35-23-12-10-21(15-23)25(35)26-32-16-24(34-26)20-8-7-19-14-22(11-9-18(19)13-20)31-40-30(4,5)29(2,3)38/h7-9,11,13-14,16-17,21,23,25,38H,10,12,15H2,1-6H3,(H,32,34)(H,33,37)/t17-,21-,23+,25-/m0/s1. The highest BCUT2D eigenvalue weighted by atomic mass is 16.5. The van der Waals surface area contributed by atoms with E-state index in [9.17, 15) is 14.7 Å². The quantitative estimate of drug-likeness (QED) is 0.371. The number of alkyl carbamates (subject to hydrolysis) is 1. The number of piperidine rings is 1. The molecule has 0 spiro atoms. The molecule has 5 rings (SSSR count). The summed E-state index contributed by atoms with van der Waals surface area (Å²) >= 11 is 0. The molecule has 0 unspecified atom stereocenters. The summed E-state index contributed by atoms with van der Waals surface area (Å²) in [6.07, 6.45) is 4.18. The number of aliphatic hydroxyl groups is 1. The van der Waals surface area contributed by atoms with E-state index in [0.717, 1.165) is 52.6 Å². The number of aromatic amines is 1. The van der Waals surface area contributed by atoms with Gasteiger partial charge in [0.05, 0.1) is 36.2 Å². The average molecular weight is 545 g/mol. The number of hydrogen-bond acceptors (Lipinski definition) is 6. The molecule has 1 radical (unpaired) electrons. The van der Waals surface area contributed by atoms with Crippen LogP contribution in [-0.2, 0) is 14.2 Å². The normalized spacial score (nSPS) is 21.5. The number of methoxy groups -OCH3 is 1. The number of H-pyrrole nitrogens is 1. The Bertz CT molecular complexity index is 1410. The lowest BCUT2D eigenvalue weighted by atomic mass is 9.82. The molecule has 2 aromatic carbocycles. The highest BCUT2D eigenvalue weighted by Gasteiger charge is 2.50. The van der Waals surface area contributed by atoms with Gasteiger partial charge in [0.25, 0.3) is 0 Å². The molecule has 2 aliphatic rings. The molecular formula is C30H38BN4O5. The third kappa shape index (κ3) is 5.34. The number of ether oxygens (including phenoxy) is 1. The zero-order chi connectivity index (χ0) is 28.8. The van der Waals surface area contributed by atoms with Crippen molar-refractivity contribution in [2.24, 2.45) is 5.92 Å². The Labute approximate surface area is 235 Å². The van der Waals surface area contributed by atoms with E-state index in [2.05, 4.69) is 45.4 Å². The van der Waals surface area contributed by atoms with Gasteiger partial charge in [0.15, 0.2) is 0 Å². The molecule has 10 heteroatoms. The molecule has 3 N–H and O–H groups in total. The zero-order valence-corrected chi connectivity index (χ0v) is 24.0. The summed E-state index contributed by atoms with van der Waals surface area (Å²) in [7, 11) is 2.98. The smallest absolute Gasteiger partial charge is 0.407 e. The largest absolute Gasteiger partial charge is 0.453 e. The average Bonchev–Trinajstić information content (AvgIpc) is 3.67. The van der Waals surface area contributed by atoms with Gasteiger partial charge in [0.2, 0.25) is 5.91 Å². The highest BCUT2D eigenvalue weighted by molar-refractivity contribution is 6.47. The van der Waals surface area contributed by atoms with Crippen molar-refractivity contribution in [2.75, 3.05) is 7.11 Å². The van der Waals surface area contributed by atoms with Gasteiger partial charge in [-0.1, -0.05) is 35.8 Å². The van der Waals surface area contributed by atoms with Gasteiger partial charge in [-0.3, -0.25) is 4.79 Å². The second kappa shape index (κ2) is 10.6. The van der Waals surface area contributed by atoms with Crippen LogP contribution >= 0.6 is 0 Å². The van der Waals surface area contributed by atoms with E-state index in [1.54, 1.807) is 28.3 Å². The summed E-state index contributed by atoms with van der Waals surface area (Å²) in [4.78, 5) is 35.2. The lowest BCUT2D eigenvalue weighted by molar-refractivity contribution is -0.137. The van der Waals surface area contributed by atoms with Gasteiger partial charge in [-0.2, -0.15) is 0 Å². The Hall–Kier alpha value is -3.37. The minimum absolute atomic E-state index is 0.117. The van der Waals surface area contributed by atoms with Crippen LogP contribution in [0.3, 0.4) is 0 Å². The predicted octanol–water partition coefficient (Wildman–Crippen LogP) is 3.84. The monoisotopic (exact) mass is 545 g/mol. The Morgan fingerprint density at radius 3 is 2.60 bits per heavy atom. The van der Waals surface area contributed by atoms with Crippen molar-refractivity contribution >= 4 is 35.7 Å². The molecule has 2 fully saturated rings. The molecule has 1 aliphatic carbocycles. The molecule has 40 heavy (non-hydrogen) atoms. The zero-order valence-electron chi connectivity index (χ0n) is 24.0. The molecule has 211 valence electrons. The van der Waals surface area contributed by atoms with Crippen LogP contribution in [0.2, 0.25) is 0 Å². The number of carbonyl (C=O) groups excluding carboxylic acids is 2. The fourth-order valence-electron chi connectivity index (χ4n) is 5.68. The first-order chi connectivity index (χ1) is 18.9. The molecule has 2 heterocycles. The van der Waals surface area contributed by atoms with Crippen molar-refractivity contribution in [1.29, 1.82) is 0 Å². The third-order valence-electron chi connectivity index (χ3n) is 8.74. The van der Waals surface area contributed by atoms with Gasteiger partial charge in [0.1, 0.15) is 11.9 Å². The van der Waals surface area contributed by atoms with E-state index in [4.69, 9.17) is 9.64 Å². The first-order valence-corrected chi connectivity index (χ1v) is 13.9. The number of hydrogen-bond donors (Lipinski definition) is 3. The van der Waals surface area contributed by atoms with Gasteiger partial charge >= 0.3 is 13.6 Å². The Morgan fingerprint density at radius 1 is 1.15 bits per heavy atom. The fourth-order valence-corrected chi connectivity index (χ4v) is 5.68. The Balaban J connectivity index is 1.33. The van der Waals surface area contributed by atoms with E-state index >= 15 is 0 Å². The maximum Gasteiger partial charge on any atom is 0.407 e. The molecule has 2 bridgehead atoms. The second-order valence-electron chi connectivity index (χ2n) is 12.1. The summed E-state index contributed by atoms with van der Waals surface area (Å²) in [5, 5.41) is 15.1. The number of nitrogens with one attached hydrogen (secondary N) is 2. The molecule has 1 aliphatic heterocycles. The van der Waals surface area contributed by atoms with Crippen molar-refractivity contribution in [1.82, 2.24) is 20.2 Å². The molecule has 1 aromatic heterocycles. The molecule has 1 saturated carbocycles. The van der Waals surface area contributed by atoms with Gasteiger partial charge in [0, 0.05) is 11.6 Å². The van der Waals surface area contributed by atoms with Crippen LogP contribution < -0.4 is 10.8 Å². The number of fused-ring (bicyclic) bond motifs is 3. The summed E-state index contributed by atoms with van der Waals surface area (Å²) in [5.74, 6) is 0.999. The first-order valence-electron chi connectivity index (χ1n) is 13.9. The van der Waals surface area contributed by atoms with E-state index in [0.29, 0.717) is 5.92 Å². The summed E-state index contributed by atoms with van der Waals surface area (Å²) in [6, 6.07) is 11.7. The number of carbonyl (C=O) groups is 2. The number of rotatable bonds is 8. The van der Waals surface area contributed by atoms with Crippen LogP contribution in [0.15, 0.2) is 42.6 Å². The number of nitrogens with zero attached hydrogens (tertiary/aromatic N) is 2. The Kier molecular flexibility index (Phi) is 7.44. The van der Waals surface area contributed by atoms with Crippen LogP contribution in [0.5, 0.6) is 0 Å².